The molecule has 72 valence electrons. The van der Waals surface area contributed by atoms with Gasteiger partial charge in [-0.1, -0.05) is 0 Å². The third-order valence-corrected chi connectivity index (χ3v) is 1.66. The highest BCUT2D eigenvalue weighted by molar-refractivity contribution is 14.1. The second-order valence-corrected chi connectivity index (χ2v) is 3.27. The zero-order valence-corrected chi connectivity index (χ0v) is 9.40. The van der Waals surface area contributed by atoms with Crippen LogP contribution in [0.25, 0.3) is 0 Å². The van der Waals surface area contributed by atoms with Gasteiger partial charge in [0.25, 0.3) is 0 Å². The average molecular weight is 296 g/mol. The van der Waals surface area contributed by atoms with E-state index in [1.807, 2.05) is 22.9 Å². The van der Waals surface area contributed by atoms with Crippen LogP contribution in [0.4, 0.5) is 0 Å². The molecule has 0 aliphatic heterocycles. The van der Waals surface area contributed by atoms with Gasteiger partial charge in [-0.2, -0.15) is 0 Å². The van der Waals surface area contributed by atoms with E-state index in [1.165, 1.54) is 4.90 Å². The zero-order chi connectivity index (χ0) is 9.84. The standard InChI is InChI=1S/C6H9IN4O2/c1-11(2)6(12)5-10-9-4(13-5)3-8-7/h8H,3H2,1-2H3. The normalized spacial score (nSPS) is 10.1. The molecule has 0 aromatic carbocycles. The molecule has 1 aromatic rings. The molecule has 0 aliphatic rings. The predicted molar refractivity (Wildman–Crippen MR) is 53.2 cm³/mol. The molecule has 0 fully saturated rings. The van der Waals surface area contributed by atoms with Crippen LogP contribution in [0.2, 0.25) is 0 Å². The molecule has 1 N–H and O–H groups in total. The van der Waals surface area contributed by atoms with E-state index in [0.717, 1.165) is 0 Å². The smallest absolute Gasteiger partial charge is 0.310 e. The van der Waals surface area contributed by atoms with Crippen LogP contribution in [0.15, 0.2) is 4.42 Å². The highest BCUT2D eigenvalue weighted by Gasteiger charge is 2.15. The Kier molecular flexibility index (Phi) is 3.60. The minimum atomic E-state index is -0.285. The Morgan fingerprint density at radius 1 is 1.62 bits per heavy atom. The van der Waals surface area contributed by atoms with Crippen molar-refractivity contribution < 1.29 is 9.21 Å². The summed E-state index contributed by atoms with van der Waals surface area (Å²) in [7, 11) is 3.26. The summed E-state index contributed by atoms with van der Waals surface area (Å²) in [5.41, 5.74) is 0. The summed E-state index contributed by atoms with van der Waals surface area (Å²) in [6.07, 6.45) is 0. The number of nitrogens with one attached hydrogen (secondary N) is 1. The number of hydrogen-bond donors (Lipinski definition) is 1. The van der Waals surface area contributed by atoms with Crippen molar-refractivity contribution in [3.8, 4) is 0 Å². The van der Waals surface area contributed by atoms with Gasteiger partial charge in [0.15, 0.2) is 0 Å². The molecule has 0 radical (unpaired) electrons. The van der Waals surface area contributed by atoms with Crippen molar-refractivity contribution in [2.24, 2.45) is 0 Å². The molecule has 1 amide bonds. The van der Waals surface area contributed by atoms with Crippen molar-refractivity contribution in [2.45, 2.75) is 6.54 Å². The summed E-state index contributed by atoms with van der Waals surface area (Å²) < 4.78 is 7.88. The summed E-state index contributed by atoms with van der Waals surface area (Å²) in [6, 6.07) is 0. The molecule has 0 atom stereocenters. The maximum absolute atomic E-state index is 11.3. The zero-order valence-electron chi connectivity index (χ0n) is 7.24. The summed E-state index contributed by atoms with van der Waals surface area (Å²) in [5.74, 6) is 0.137. The number of carbonyl (C=O) groups is 1. The van der Waals surface area contributed by atoms with Gasteiger partial charge in [0.2, 0.25) is 5.89 Å². The maximum Gasteiger partial charge on any atom is 0.310 e. The molecule has 1 heterocycles. The van der Waals surface area contributed by atoms with Gasteiger partial charge in [-0.3, -0.25) is 8.32 Å². The minimum Gasteiger partial charge on any atom is -0.415 e. The van der Waals surface area contributed by atoms with Gasteiger partial charge >= 0.3 is 11.8 Å². The van der Waals surface area contributed by atoms with Crippen molar-refractivity contribution in [3.05, 3.63) is 11.8 Å². The molecular weight excluding hydrogens is 287 g/mol. The van der Waals surface area contributed by atoms with E-state index in [4.69, 9.17) is 4.42 Å². The Morgan fingerprint density at radius 2 is 2.31 bits per heavy atom. The van der Waals surface area contributed by atoms with Crippen LogP contribution in [0.3, 0.4) is 0 Å². The predicted octanol–water partition coefficient (Wildman–Crippen LogP) is 0.211. The first-order chi connectivity index (χ1) is 6.15. The van der Waals surface area contributed by atoms with Crippen LogP contribution >= 0.6 is 22.9 Å². The number of nitrogens with zero attached hydrogens (tertiary/aromatic N) is 3. The van der Waals surface area contributed by atoms with Gasteiger partial charge in [0.05, 0.1) is 6.54 Å². The Labute approximate surface area is 89.2 Å². The van der Waals surface area contributed by atoms with E-state index in [0.29, 0.717) is 12.4 Å². The highest BCUT2D eigenvalue weighted by atomic mass is 127. The first-order valence-corrected chi connectivity index (χ1v) is 4.60. The van der Waals surface area contributed by atoms with Crippen molar-refractivity contribution in [2.75, 3.05) is 14.1 Å². The molecular formula is C6H9IN4O2. The lowest BCUT2D eigenvalue weighted by Crippen LogP contribution is -2.21. The number of amides is 1. The summed E-state index contributed by atoms with van der Waals surface area (Å²) in [4.78, 5) is 12.7. The van der Waals surface area contributed by atoms with Crippen molar-refractivity contribution in [1.29, 1.82) is 0 Å². The lowest BCUT2D eigenvalue weighted by molar-refractivity contribution is 0.0787. The Morgan fingerprint density at radius 3 is 2.85 bits per heavy atom. The van der Waals surface area contributed by atoms with Gasteiger partial charge < -0.3 is 9.32 Å². The molecule has 1 aromatic heterocycles. The number of rotatable bonds is 3. The minimum absolute atomic E-state index is 0.0200. The van der Waals surface area contributed by atoms with Crippen LogP contribution in [-0.4, -0.2) is 35.1 Å². The molecule has 13 heavy (non-hydrogen) atoms. The van der Waals surface area contributed by atoms with Crippen LogP contribution < -0.4 is 3.53 Å². The largest absolute Gasteiger partial charge is 0.415 e. The maximum atomic E-state index is 11.3. The topological polar surface area (TPSA) is 71.3 Å². The van der Waals surface area contributed by atoms with Crippen LogP contribution in [-0.2, 0) is 6.54 Å². The Bertz CT molecular complexity index is 299. The first kappa shape index (κ1) is 10.4. The second-order valence-electron chi connectivity index (χ2n) is 2.51. The van der Waals surface area contributed by atoms with Gasteiger partial charge in [-0.05, 0) is 0 Å². The summed E-state index contributed by atoms with van der Waals surface area (Å²) in [6.45, 7) is 0.453. The van der Waals surface area contributed by atoms with E-state index in [1.54, 1.807) is 14.1 Å². The number of carbonyl (C=O) groups excluding carboxylic acids is 1. The van der Waals surface area contributed by atoms with Crippen LogP contribution in [0.1, 0.15) is 16.6 Å². The van der Waals surface area contributed by atoms with Crippen molar-refractivity contribution in [3.63, 3.8) is 0 Å². The lowest BCUT2D eigenvalue weighted by atomic mass is 10.5. The summed E-state index contributed by atoms with van der Waals surface area (Å²) in [5, 5.41) is 7.28. The number of aromatic nitrogens is 2. The lowest BCUT2D eigenvalue weighted by Gasteiger charge is -2.04. The molecule has 0 spiro atoms. The van der Waals surface area contributed by atoms with Gasteiger partial charge in [-0.15, -0.1) is 10.2 Å². The molecule has 7 heteroatoms. The van der Waals surface area contributed by atoms with E-state index in [9.17, 15) is 4.79 Å². The third-order valence-electron chi connectivity index (χ3n) is 1.27. The van der Waals surface area contributed by atoms with Gasteiger partial charge in [0, 0.05) is 37.0 Å². The highest BCUT2D eigenvalue weighted by Crippen LogP contribution is 2.02. The molecule has 0 saturated carbocycles. The van der Waals surface area contributed by atoms with Gasteiger partial charge in [0.1, 0.15) is 0 Å². The number of halogens is 1. The third kappa shape index (κ3) is 2.62. The monoisotopic (exact) mass is 296 g/mol. The number of hydrogen-bond acceptors (Lipinski definition) is 5. The molecule has 0 unspecified atom stereocenters. The van der Waals surface area contributed by atoms with Crippen molar-refractivity contribution >= 4 is 28.8 Å². The molecule has 0 saturated heterocycles. The average Bonchev–Trinajstić information content (AvgIpc) is 2.52. The fraction of sp³-hybridized carbons (Fsp3) is 0.500. The van der Waals surface area contributed by atoms with E-state index < -0.39 is 0 Å². The Hall–Kier alpha value is -0.700. The fourth-order valence-electron chi connectivity index (χ4n) is 0.660. The first-order valence-electron chi connectivity index (χ1n) is 3.52. The molecule has 0 aliphatic carbocycles. The van der Waals surface area contributed by atoms with Gasteiger partial charge in [-0.25, -0.2) is 0 Å². The van der Waals surface area contributed by atoms with Crippen LogP contribution in [0, 0.1) is 0 Å². The fourth-order valence-corrected chi connectivity index (χ4v) is 0.986. The van der Waals surface area contributed by atoms with Crippen LogP contribution in [0.5, 0.6) is 0 Å². The summed E-state index contributed by atoms with van der Waals surface area (Å²) >= 11 is 1.96. The SMILES string of the molecule is CN(C)C(=O)c1nnc(CNI)o1. The molecule has 0 bridgehead atoms. The van der Waals surface area contributed by atoms with E-state index in [2.05, 4.69) is 13.7 Å². The van der Waals surface area contributed by atoms with E-state index >= 15 is 0 Å². The second kappa shape index (κ2) is 4.51. The van der Waals surface area contributed by atoms with Crippen molar-refractivity contribution in [1.82, 2.24) is 18.6 Å². The Balaban J connectivity index is 2.73. The molecule has 1 rings (SSSR count). The quantitative estimate of drug-likeness (QED) is 0.638. The molecule has 6 nitrogen and oxygen atoms in total. The van der Waals surface area contributed by atoms with E-state index in [-0.39, 0.29) is 11.8 Å².